The fourth-order valence-corrected chi connectivity index (χ4v) is 3.43. The lowest BCUT2D eigenvalue weighted by Crippen LogP contribution is -2.31. The number of hydrogen-bond donors (Lipinski definition) is 1. The van der Waals surface area contributed by atoms with E-state index in [1.165, 1.54) is 0 Å². The Kier molecular flexibility index (Phi) is 4.98. The van der Waals surface area contributed by atoms with Gasteiger partial charge in [0.2, 0.25) is 5.91 Å². The molecule has 27 heavy (non-hydrogen) atoms. The quantitative estimate of drug-likeness (QED) is 0.758. The molecule has 0 saturated carbocycles. The molecule has 0 unspecified atom stereocenters. The summed E-state index contributed by atoms with van der Waals surface area (Å²) in [5, 5.41) is 7.44. The van der Waals surface area contributed by atoms with E-state index in [4.69, 9.17) is 4.74 Å². The number of pyridine rings is 1. The fourth-order valence-electron chi connectivity index (χ4n) is 3.43. The molecule has 0 spiro atoms. The van der Waals surface area contributed by atoms with Crippen molar-refractivity contribution in [1.29, 1.82) is 0 Å². The van der Waals surface area contributed by atoms with Gasteiger partial charge in [-0.2, -0.15) is 5.10 Å². The van der Waals surface area contributed by atoms with Crippen molar-refractivity contribution in [3.63, 3.8) is 0 Å². The minimum atomic E-state index is -0.266. The minimum absolute atomic E-state index is 0.00599. The van der Waals surface area contributed by atoms with E-state index in [0.29, 0.717) is 19.6 Å². The number of benzene rings is 1. The number of ether oxygens (including phenoxy) is 1. The van der Waals surface area contributed by atoms with Crippen molar-refractivity contribution in [2.45, 2.75) is 26.0 Å². The monoisotopic (exact) mass is 362 g/mol. The summed E-state index contributed by atoms with van der Waals surface area (Å²) in [5.74, 6) is -0.206. The second kappa shape index (κ2) is 7.72. The molecule has 1 saturated heterocycles. The Morgan fingerprint density at radius 2 is 2.11 bits per heavy atom. The highest BCUT2D eigenvalue weighted by molar-refractivity contribution is 5.79. The predicted octanol–water partition coefficient (Wildman–Crippen LogP) is 2.97. The third-order valence-corrected chi connectivity index (χ3v) is 4.78. The van der Waals surface area contributed by atoms with Gasteiger partial charge in [0.15, 0.2) is 0 Å². The van der Waals surface area contributed by atoms with Crippen molar-refractivity contribution in [3.05, 3.63) is 77.9 Å². The SMILES string of the molecule is Cc1cncc(CNC(=O)[C@H]2CCO[C@@H]2c2cnn(-c3ccccc3)c2)c1. The van der Waals surface area contributed by atoms with E-state index in [1.54, 1.807) is 18.6 Å². The van der Waals surface area contributed by atoms with Crippen LogP contribution >= 0.6 is 0 Å². The third kappa shape index (κ3) is 3.90. The van der Waals surface area contributed by atoms with Gasteiger partial charge in [-0.3, -0.25) is 9.78 Å². The minimum Gasteiger partial charge on any atom is -0.373 e. The maximum Gasteiger partial charge on any atom is 0.226 e. The van der Waals surface area contributed by atoms with Gasteiger partial charge in [-0.1, -0.05) is 24.3 Å². The number of hydrogen-bond acceptors (Lipinski definition) is 4. The van der Waals surface area contributed by atoms with Crippen LogP contribution in [0.4, 0.5) is 0 Å². The zero-order chi connectivity index (χ0) is 18.6. The van der Waals surface area contributed by atoms with Crippen molar-refractivity contribution in [2.75, 3.05) is 6.61 Å². The van der Waals surface area contributed by atoms with Crippen LogP contribution in [0.2, 0.25) is 0 Å². The summed E-state index contributed by atoms with van der Waals surface area (Å²) in [4.78, 5) is 16.9. The summed E-state index contributed by atoms with van der Waals surface area (Å²) >= 11 is 0. The second-order valence-corrected chi connectivity index (χ2v) is 6.83. The summed E-state index contributed by atoms with van der Waals surface area (Å²) in [5.41, 5.74) is 3.98. The van der Waals surface area contributed by atoms with Crippen molar-refractivity contribution in [2.24, 2.45) is 5.92 Å². The topological polar surface area (TPSA) is 69.0 Å². The zero-order valence-corrected chi connectivity index (χ0v) is 15.2. The van der Waals surface area contributed by atoms with Crippen molar-refractivity contribution in [1.82, 2.24) is 20.1 Å². The number of nitrogens with zero attached hydrogens (tertiary/aromatic N) is 3. The van der Waals surface area contributed by atoms with Crippen molar-refractivity contribution >= 4 is 5.91 Å². The van der Waals surface area contributed by atoms with Gasteiger partial charge in [-0.25, -0.2) is 4.68 Å². The fraction of sp³-hybridized carbons (Fsp3) is 0.286. The highest BCUT2D eigenvalue weighted by atomic mass is 16.5. The largest absolute Gasteiger partial charge is 0.373 e. The van der Waals surface area contributed by atoms with Crippen molar-refractivity contribution < 1.29 is 9.53 Å². The van der Waals surface area contributed by atoms with Gasteiger partial charge in [-0.05, 0) is 36.6 Å². The van der Waals surface area contributed by atoms with E-state index in [0.717, 1.165) is 22.4 Å². The molecule has 4 rings (SSSR count). The molecule has 6 nitrogen and oxygen atoms in total. The Morgan fingerprint density at radius 3 is 2.93 bits per heavy atom. The smallest absolute Gasteiger partial charge is 0.226 e. The molecule has 0 bridgehead atoms. The summed E-state index contributed by atoms with van der Waals surface area (Å²) < 4.78 is 7.68. The number of amides is 1. The highest BCUT2D eigenvalue weighted by Gasteiger charge is 2.35. The lowest BCUT2D eigenvalue weighted by atomic mass is 9.96. The summed E-state index contributed by atoms with van der Waals surface area (Å²) in [6.07, 6.45) is 7.75. The maximum atomic E-state index is 12.7. The third-order valence-electron chi connectivity index (χ3n) is 4.78. The first-order valence-electron chi connectivity index (χ1n) is 9.10. The number of carbonyl (C=O) groups is 1. The normalized spacial score (nSPS) is 19.1. The Morgan fingerprint density at radius 1 is 1.26 bits per heavy atom. The van der Waals surface area contributed by atoms with Crippen LogP contribution < -0.4 is 5.32 Å². The Bertz CT molecular complexity index is 923. The average Bonchev–Trinajstić information content (AvgIpc) is 3.36. The number of para-hydroxylation sites is 1. The van der Waals surface area contributed by atoms with Crippen molar-refractivity contribution in [3.8, 4) is 5.69 Å². The first-order chi connectivity index (χ1) is 13.2. The van der Waals surface area contributed by atoms with E-state index in [9.17, 15) is 4.79 Å². The van der Waals surface area contributed by atoms with Gasteiger partial charge < -0.3 is 10.1 Å². The molecule has 3 aromatic rings. The van der Waals surface area contributed by atoms with Crippen LogP contribution in [-0.2, 0) is 16.1 Å². The molecule has 2 atom stereocenters. The van der Waals surface area contributed by atoms with E-state index in [1.807, 2.05) is 54.2 Å². The van der Waals surface area contributed by atoms with Crippen LogP contribution in [-0.4, -0.2) is 27.3 Å². The van der Waals surface area contributed by atoms with Crippen LogP contribution in [0, 0.1) is 12.8 Å². The number of aromatic nitrogens is 3. The molecule has 6 heteroatoms. The molecule has 2 aromatic heterocycles. The van der Waals surface area contributed by atoms with Crippen LogP contribution in [0.5, 0.6) is 0 Å². The van der Waals surface area contributed by atoms with E-state index in [2.05, 4.69) is 15.4 Å². The predicted molar refractivity (Wildman–Crippen MR) is 101 cm³/mol. The van der Waals surface area contributed by atoms with Gasteiger partial charge >= 0.3 is 0 Å². The van der Waals surface area contributed by atoms with E-state index < -0.39 is 0 Å². The highest BCUT2D eigenvalue weighted by Crippen LogP contribution is 2.34. The molecule has 1 aromatic carbocycles. The molecule has 138 valence electrons. The Labute approximate surface area is 158 Å². The summed E-state index contributed by atoms with van der Waals surface area (Å²) in [6.45, 7) is 3.04. The summed E-state index contributed by atoms with van der Waals surface area (Å²) in [7, 11) is 0. The lowest BCUT2D eigenvalue weighted by Gasteiger charge is -2.17. The van der Waals surface area contributed by atoms with Gasteiger partial charge in [0.1, 0.15) is 0 Å². The molecule has 0 radical (unpaired) electrons. The lowest BCUT2D eigenvalue weighted by molar-refractivity contribution is -0.126. The van der Waals surface area contributed by atoms with E-state index >= 15 is 0 Å². The first kappa shape index (κ1) is 17.4. The van der Waals surface area contributed by atoms with Crippen LogP contribution in [0.15, 0.2) is 61.2 Å². The summed E-state index contributed by atoms with van der Waals surface area (Å²) in [6, 6.07) is 11.9. The van der Waals surface area contributed by atoms with Gasteiger partial charge in [0.25, 0.3) is 0 Å². The number of rotatable bonds is 5. The Hall–Kier alpha value is -2.99. The van der Waals surface area contributed by atoms with Gasteiger partial charge in [0.05, 0.1) is 23.9 Å². The number of nitrogens with one attached hydrogen (secondary N) is 1. The molecule has 1 fully saturated rings. The molecule has 1 aliphatic heterocycles. The number of carbonyl (C=O) groups excluding carboxylic acids is 1. The second-order valence-electron chi connectivity index (χ2n) is 6.83. The standard InChI is InChI=1S/C21H22N4O2/c1-15-9-16(11-22-10-15)12-23-21(26)19-7-8-27-20(19)17-13-24-25(14-17)18-5-3-2-4-6-18/h2-6,9-11,13-14,19-20H,7-8,12H2,1H3,(H,23,26)/t19-,20+/m0/s1. The first-order valence-corrected chi connectivity index (χ1v) is 9.10. The van der Waals surface area contributed by atoms with Gasteiger partial charge in [-0.15, -0.1) is 0 Å². The molecule has 3 heterocycles. The molecule has 0 aliphatic carbocycles. The van der Waals surface area contributed by atoms with Gasteiger partial charge in [0, 0.05) is 37.3 Å². The zero-order valence-electron chi connectivity index (χ0n) is 15.2. The van der Waals surface area contributed by atoms with Crippen LogP contribution in [0.25, 0.3) is 5.69 Å². The average molecular weight is 362 g/mol. The molecular formula is C21H22N4O2. The van der Waals surface area contributed by atoms with Crippen LogP contribution in [0.3, 0.4) is 0 Å². The molecular weight excluding hydrogens is 340 g/mol. The molecule has 1 N–H and O–H groups in total. The number of aryl methyl sites for hydroxylation is 1. The molecule has 1 amide bonds. The maximum absolute atomic E-state index is 12.7. The molecule has 1 aliphatic rings. The Balaban J connectivity index is 1.44. The van der Waals surface area contributed by atoms with Crippen LogP contribution in [0.1, 0.15) is 29.2 Å². The van der Waals surface area contributed by atoms with E-state index in [-0.39, 0.29) is 17.9 Å².